The lowest BCUT2D eigenvalue weighted by Crippen LogP contribution is -1.94. The molecule has 3 N–H and O–H groups in total. The lowest BCUT2D eigenvalue weighted by Gasteiger charge is -2.01. The van der Waals surface area contributed by atoms with Crippen molar-refractivity contribution in [2.45, 2.75) is 0 Å². The van der Waals surface area contributed by atoms with E-state index in [1.165, 1.54) is 18.2 Å². The maximum absolute atomic E-state index is 10.8. The summed E-state index contributed by atoms with van der Waals surface area (Å²) in [5.41, 5.74) is 8.07. The molecule has 0 aliphatic carbocycles. The Morgan fingerprint density at radius 2 is 2.10 bits per heavy atom. The Kier molecular flexibility index (Phi) is 2.80. The number of para-hydroxylation sites is 1. The van der Waals surface area contributed by atoms with Crippen LogP contribution in [-0.2, 0) is 0 Å². The number of fused-ring (bicyclic) bond motifs is 1. The molecular weight excluding hydrogens is 280 g/mol. The summed E-state index contributed by atoms with van der Waals surface area (Å²) in [6.07, 6.45) is 0. The highest BCUT2D eigenvalue weighted by Crippen LogP contribution is 2.31. The van der Waals surface area contributed by atoms with Gasteiger partial charge < -0.3 is 10.7 Å². The Labute approximate surface area is 118 Å². The first-order chi connectivity index (χ1) is 9.56. The predicted octanol–water partition coefficient (Wildman–Crippen LogP) is 3.37. The summed E-state index contributed by atoms with van der Waals surface area (Å²) in [5, 5.41) is 11.3. The Bertz CT molecular complexity index is 828. The van der Waals surface area contributed by atoms with Crippen molar-refractivity contribution >= 4 is 34.0 Å². The minimum atomic E-state index is -0.474. The summed E-state index contributed by atoms with van der Waals surface area (Å²) >= 11 is 6.06. The molecule has 0 saturated heterocycles. The number of nitrogen functional groups attached to an aromatic ring is 1. The highest BCUT2D eigenvalue weighted by Gasteiger charge is 2.14. The Balaban J connectivity index is 2.22. The number of nitrogens with zero attached hydrogens (tertiary/aromatic N) is 2. The summed E-state index contributed by atoms with van der Waals surface area (Å²) in [6.45, 7) is 0. The summed E-state index contributed by atoms with van der Waals surface area (Å²) in [5.74, 6) is 0.453. The van der Waals surface area contributed by atoms with Gasteiger partial charge in [0.05, 0.1) is 15.5 Å². The van der Waals surface area contributed by atoms with E-state index < -0.39 is 4.92 Å². The Hall–Kier alpha value is -2.60. The molecule has 7 heteroatoms. The number of hydrogen-bond donors (Lipinski definition) is 2. The van der Waals surface area contributed by atoms with Gasteiger partial charge >= 0.3 is 0 Å². The molecule has 1 aromatic heterocycles. The molecule has 6 nitrogen and oxygen atoms in total. The third kappa shape index (κ3) is 1.96. The minimum absolute atomic E-state index is 0.0410. The largest absolute Gasteiger partial charge is 0.398 e. The molecule has 0 aliphatic rings. The molecule has 0 spiro atoms. The van der Waals surface area contributed by atoms with E-state index in [0.29, 0.717) is 27.6 Å². The van der Waals surface area contributed by atoms with Crippen LogP contribution in [0.3, 0.4) is 0 Å². The SMILES string of the molecule is Nc1ccc([N+](=O)[O-])cc1-c1nc2c(Cl)cccc2[nH]1. The van der Waals surface area contributed by atoms with Gasteiger partial charge in [0.1, 0.15) is 11.3 Å². The average molecular weight is 289 g/mol. The van der Waals surface area contributed by atoms with Gasteiger partial charge in [0.15, 0.2) is 0 Å². The minimum Gasteiger partial charge on any atom is -0.398 e. The first-order valence-corrected chi connectivity index (χ1v) is 6.12. The molecule has 1 heterocycles. The van der Waals surface area contributed by atoms with Gasteiger partial charge in [-0.15, -0.1) is 0 Å². The van der Waals surface area contributed by atoms with Gasteiger partial charge in [0, 0.05) is 23.4 Å². The first-order valence-electron chi connectivity index (χ1n) is 5.75. The normalized spacial score (nSPS) is 10.8. The number of nitrogens with one attached hydrogen (secondary N) is 1. The summed E-state index contributed by atoms with van der Waals surface area (Å²) < 4.78 is 0. The van der Waals surface area contributed by atoms with E-state index in [4.69, 9.17) is 17.3 Å². The van der Waals surface area contributed by atoms with Gasteiger partial charge in [-0.3, -0.25) is 10.1 Å². The van der Waals surface area contributed by atoms with Gasteiger partial charge in [-0.25, -0.2) is 4.98 Å². The lowest BCUT2D eigenvalue weighted by molar-refractivity contribution is -0.384. The number of benzene rings is 2. The third-order valence-electron chi connectivity index (χ3n) is 2.97. The summed E-state index contributed by atoms with van der Waals surface area (Å²) in [6, 6.07) is 9.58. The van der Waals surface area contributed by atoms with Crippen LogP contribution in [0.4, 0.5) is 11.4 Å². The van der Waals surface area contributed by atoms with Crippen molar-refractivity contribution in [2.24, 2.45) is 0 Å². The zero-order valence-corrected chi connectivity index (χ0v) is 10.9. The van der Waals surface area contributed by atoms with E-state index in [1.807, 2.05) is 6.07 Å². The van der Waals surface area contributed by atoms with E-state index in [-0.39, 0.29) is 5.69 Å². The summed E-state index contributed by atoms with van der Waals surface area (Å²) in [4.78, 5) is 17.8. The molecule has 0 atom stereocenters. The molecule has 0 bridgehead atoms. The molecular formula is C13H9ClN4O2. The maximum Gasteiger partial charge on any atom is 0.270 e. The number of rotatable bonds is 2. The lowest BCUT2D eigenvalue weighted by atomic mass is 10.1. The van der Waals surface area contributed by atoms with Crippen LogP contribution >= 0.6 is 11.6 Å². The topological polar surface area (TPSA) is 97.8 Å². The average Bonchev–Trinajstić information content (AvgIpc) is 2.84. The zero-order chi connectivity index (χ0) is 14.3. The number of hydrogen-bond acceptors (Lipinski definition) is 4. The predicted molar refractivity (Wildman–Crippen MR) is 77.6 cm³/mol. The number of nitro benzene ring substituents is 1. The summed E-state index contributed by atoms with van der Waals surface area (Å²) in [7, 11) is 0. The fourth-order valence-electron chi connectivity index (χ4n) is 1.99. The number of nitrogens with two attached hydrogens (primary N) is 1. The molecule has 100 valence electrons. The van der Waals surface area contributed by atoms with E-state index >= 15 is 0 Å². The third-order valence-corrected chi connectivity index (χ3v) is 3.27. The van der Waals surface area contributed by atoms with Crippen LogP contribution in [0.25, 0.3) is 22.4 Å². The second kappa shape index (κ2) is 4.50. The van der Waals surface area contributed by atoms with Gasteiger partial charge in [0.25, 0.3) is 5.69 Å². The zero-order valence-electron chi connectivity index (χ0n) is 10.1. The fraction of sp³-hybridized carbons (Fsp3) is 0. The van der Waals surface area contributed by atoms with Gasteiger partial charge in [-0.05, 0) is 18.2 Å². The van der Waals surface area contributed by atoms with Crippen molar-refractivity contribution in [1.82, 2.24) is 9.97 Å². The molecule has 3 rings (SSSR count). The Morgan fingerprint density at radius 3 is 2.80 bits per heavy atom. The highest BCUT2D eigenvalue weighted by molar-refractivity contribution is 6.35. The molecule has 0 amide bonds. The van der Waals surface area contributed by atoms with E-state index in [0.717, 1.165) is 5.52 Å². The van der Waals surface area contributed by atoms with Crippen molar-refractivity contribution in [3.8, 4) is 11.4 Å². The number of non-ortho nitro benzene ring substituents is 1. The van der Waals surface area contributed by atoms with Crippen molar-refractivity contribution in [3.05, 3.63) is 51.5 Å². The van der Waals surface area contributed by atoms with Crippen LogP contribution < -0.4 is 5.73 Å². The number of nitro groups is 1. The van der Waals surface area contributed by atoms with E-state index in [9.17, 15) is 10.1 Å². The van der Waals surface area contributed by atoms with Crippen molar-refractivity contribution < 1.29 is 4.92 Å². The Morgan fingerprint density at radius 1 is 1.30 bits per heavy atom. The van der Waals surface area contributed by atoms with Crippen LogP contribution in [0.15, 0.2) is 36.4 Å². The van der Waals surface area contributed by atoms with E-state index in [1.54, 1.807) is 12.1 Å². The van der Waals surface area contributed by atoms with Gasteiger partial charge in [-0.2, -0.15) is 0 Å². The van der Waals surface area contributed by atoms with Gasteiger partial charge in [-0.1, -0.05) is 17.7 Å². The molecule has 0 unspecified atom stereocenters. The monoisotopic (exact) mass is 288 g/mol. The number of imidazole rings is 1. The van der Waals surface area contributed by atoms with Crippen LogP contribution in [0, 0.1) is 10.1 Å². The highest BCUT2D eigenvalue weighted by atomic mass is 35.5. The first kappa shape index (κ1) is 12.4. The van der Waals surface area contributed by atoms with Crippen molar-refractivity contribution in [1.29, 1.82) is 0 Å². The number of anilines is 1. The van der Waals surface area contributed by atoms with Crippen LogP contribution in [-0.4, -0.2) is 14.9 Å². The van der Waals surface area contributed by atoms with Crippen LogP contribution in [0.2, 0.25) is 5.02 Å². The number of aromatic nitrogens is 2. The van der Waals surface area contributed by atoms with Crippen LogP contribution in [0.1, 0.15) is 0 Å². The fourth-order valence-corrected chi connectivity index (χ4v) is 2.20. The number of H-pyrrole nitrogens is 1. The molecule has 0 saturated carbocycles. The molecule has 2 aromatic carbocycles. The quantitative estimate of drug-likeness (QED) is 0.429. The standard InChI is InChI=1S/C13H9ClN4O2/c14-9-2-1-3-11-12(9)17-13(16-11)8-6-7(18(19)20)4-5-10(8)15/h1-6H,15H2,(H,16,17). The number of halogens is 1. The van der Waals surface area contributed by atoms with Crippen molar-refractivity contribution in [2.75, 3.05) is 5.73 Å². The molecule has 20 heavy (non-hydrogen) atoms. The molecule has 3 aromatic rings. The van der Waals surface area contributed by atoms with Gasteiger partial charge in [0.2, 0.25) is 0 Å². The molecule has 0 fully saturated rings. The smallest absolute Gasteiger partial charge is 0.270 e. The molecule has 0 aliphatic heterocycles. The van der Waals surface area contributed by atoms with Crippen molar-refractivity contribution in [3.63, 3.8) is 0 Å². The second-order valence-corrected chi connectivity index (χ2v) is 4.66. The second-order valence-electron chi connectivity index (χ2n) is 4.25. The van der Waals surface area contributed by atoms with E-state index in [2.05, 4.69) is 9.97 Å². The number of aromatic amines is 1. The molecule has 0 radical (unpaired) electrons. The maximum atomic E-state index is 10.8. The van der Waals surface area contributed by atoms with Crippen LogP contribution in [0.5, 0.6) is 0 Å².